The lowest BCUT2D eigenvalue weighted by Crippen LogP contribution is -2.30. The minimum Gasteiger partial charge on any atom is -0.389 e. The molecule has 1 rings (SSSR count). The van der Waals surface area contributed by atoms with Crippen LogP contribution in [0.25, 0.3) is 0 Å². The molecule has 1 aromatic rings. The van der Waals surface area contributed by atoms with Crippen LogP contribution in [0.1, 0.15) is 19.6 Å². The number of ether oxygens (including phenoxy) is 2. The summed E-state index contributed by atoms with van der Waals surface area (Å²) in [5.41, 5.74) is 0. The average molecular weight is 258 g/mol. The van der Waals surface area contributed by atoms with Gasteiger partial charge in [-0.05, 0) is 13.8 Å². The van der Waals surface area contributed by atoms with Crippen molar-refractivity contribution in [3.8, 4) is 0 Å². The first-order valence-electron chi connectivity index (χ1n) is 6.16. The van der Waals surface area contributed by atoms with Crippen LogP contribution in [0.5, 0.6) is 0 Å². The van der Waals surface area contributed by atoms with Gasteiger partial charge in [-0.15, -0.1) is 0 Å². The van der Waals surface area contributed by atoms with Crippen molar-refractivity contribution >= 4 is 0 Å². The molecule has 1 unspecified atom stereocenters. The van der Waals surface area contributed by atoms with Crippen molar-refractivity contribution in [2.24, 2.45) is 0 Å². The predicted molar refractivity (Wildman–Crippen MR) is 66.1 cm³/mol. The van der Waals surface area contributed by atoms with E-state index >= 15 is 0 Å². The highest BCUT2D eigenvalue weighted by atomic mass is 16.5. The molecule has 104 valence electrons. The molecule has 6 heteroatoms. The number of nitrogens with one attached hydrogen (secondary N) is 1. The van der Waals surface area contributed by atoms with Gasteiger partial charge < -0.3 is 24.4 Å². The predicted octanol–water partition coefficient (Wildman–Crippen LogP) is 0.567. The minimum absolute atomic E-state index is 0.210. The van der Waals surface area contributed by atoms with E-state index < -0.39 is 6.10 Å². The fraction of sp³-hybridized carbons (Fsp3) is 0.750. The average Bonchev–Trinajstić information content (AvgIpc) is 2.81. The maximum atomic E-state index is 9.61. The molecule has 1 heterocycles. The molecule has 2 N–H and O–H groups in total. The second-order valence-electron chi connectivity index (χ2n) is 4.26. The topological polar surface area (TPSA) is 76.8 Å². The summed E-state index contributed by atoms with van der Waals surface area (Å²) in [6.45, 7) is 6.29. The Morgan fingerprint density at radius 2 is 2.28 bits per heavy atom. The number of aliphatic hydroxyl groups excluding tert-OH is 1. The molecule has 0 bridgehead atoms. The van der Waals surface area contributed by atoms with E-state index in [2.05, 4.69) is 10.5 Å². The summed E-state index contributed by atoms with van der Waals surface area (Å²) in [5.74, 6) is 0.744. The Kier molecular flexibility index (Phi) is 7.59. The summed E-state index contributed by atoms with van der Waals surface area (Å²) in [6.07, 6.45) is 1.26. The summed E-state index contributed by atoms with van der Waals surface area (Å²) >= 11 is 0. The van der Waals surface area contributed by atoms with Gasteiger partial charge in [0.25, 0.3) is 0 Å². The van der Waals surface area contributed by atoms with Crippen molar-refractivity contribution in [3.05, 3.63) is 18.0 Å². The van der Waals surface area contributed by atoms with Crippen molar-refractivity contribution in [3.63, 3.8) is 0 Å². The molecular weight excluding hydrogens is 236 g/mol. The molecule has 0 radical (unpaired) electrons. The van der Waals surface area contributed by atoms with Crippen LogP contribution < -0.4 is 5.32 Å². The second kappa shape index (κ2) is 9.04. The quantitative estimate of drug-likeness (QED) is 0.597. The van der Waals surface area contributed by atoms with Crippen LogP contribution in [-0.4, -0.2) is 48.8 Å². The summed E-state index contributed by atoms with van der Waals surface area (Å²) in [4.78, 5) is 0. The SMILES string of the molecule is CC(C)OCCOCC(O)CNCc1ccno1. The number of nitrogens with zero attached hydrogens (tertiary/aromatic N) is 1. The lowest BCUT2D eigenvalue weighted by atomic mass is 10.3. The van der Waals surface area contributed by atoms with E-state index in [9.17, 15) is 5.11 Å². The zero-order valence-corrected chi connectivity index (χ0v) is 11.0. The maximum absolute atomic E-state index is 9.61. The number of hydrogen-bond acceptors (Lipinski definition) is 6. The van der Waals surface area contributed by atoms with E-state index in [1.165, 1.54) is 0 Å². The smallest absolute Gasteiger partial charge is 0.150 e. The minimum atomic E-state index is -0.535. The highest BCUT2D eigenvalue weighted by Gasteiger charge is 2.05. The molecule has 0 aliphatic carbocycles. The molecule has 0 aromatic carbocycles. The first kappa shape index (κ1) is 15.1. The zero-order valence-electron chi connectivity index (χ0n) is 11.0. The van der Waals surface area contributed by atoms with Gasteiger partial charge in [0.05, 0.1) is 44.8 Å². The largest absolute Gasteiger partial charge is 0.389 e. The molecule has 1 atom stereocenters. The van der Waals surface area contributed by atoms with Crippen LogP contribution in [-0.2, 0) is 16.0 Å². The maximum Gasteiger partial charge on any atom is 0.150 e. The molecule has 6 nitrogen and oxygen atoms in total. The lowest BCUT2D eigenvalue weighted by Gasteiger charge is -2.12. The van der Waals surface area contributed by atoms with Crippen LogP contribution in [0, 0.1) is 0 Å². The van der Waals surface area contributed by atoms with Gasteiger partial charge in [-0.25, -0.2) is 0 Å². The van der Waals surface area contributed by atoms with Crippen LogP contribution in [0.2, 0.25) is 0 Å². The van der Waals surface area contributed by atoms with Crippen molar-refractivity contribution < 1.29 is 19.1 Å². The van der Waals surface area contributed by atoms with Gasteiger partial charge in [0.1, 0.15) is 5.76 Å². The summed E-state index contributed by atoms with van der Waals surface area (Å²) in [6, 6.07) is 1.78. The van der Waals surface area contributed by atoms with E-state index in [-0.39, 0.29) is 6.10 Å². The van der Waals surface area contributed by atoms with E-state index in [0.29, 0.717) is 32.9 Å². The van der Waals surface area contributed by atoms with Crippen LogP contribution in [0.4, 0.5) is 0 Å². The van der Waals surface area contributed by atoms with E-state index in [1.807, 2.05) is 13.8 Å². The molecule has 0 aliphatic heterocycles. The fourth-order valence-corrected chi connectivity index (χ4v) is 1.32. The van der Waals surface area contributed by atoms with Crippen molar-refractivity contribution in [2.75, 3.05) is 26.4 Å². The van der Waals surface area contributed by atoms with Crippen LogP contribution in [0.3, 0.4) is 0 Å². The Hall–Kier alpha value is -0.950. The third-order valence-corrected chi connectivity index (χ3v) is 2.16. The van der Waals surface area contributed by atoms with Crippen LogP contribution in [0.15, 0.2) is 16.8 Å². The van der Waals surface area contributed by atoms with E-state index in [0.717, 1.165) is 5.76 Å². The highest BCUT2D eigenvalue weighted by molar-refractivity contribution is 4.91. The van der Waals surface area contributed by atoms with Crippen LogP contribution >= 0.6 is 0 Å². The zero-order chi connectivity index (χ0) is 13.2. The first-order valence-corrected chi connectivity index (χ1v) is 6.16. The molecule has 0 fully saturated rings. The van der Waals surface area contributed by atoms with Crippen molar-refractivity contribution in [1.82, 2.24) is 10.5 Å². The van der Waals surface area contributed by atoms with Gasteiger partial charge in [0, 0.05) is 12.6 Å². The summed E-state index contributed by atoms with van der Waals surface area (Å²) < 4.78 is 15.5. The summed E-state index contributed by atoms with van der Waals surface area (Å²) in [7, 11) is 0. The monoisotopic (exact) mass is 258 g/mol. The first-order chi connectivity index (χ1) is 8.68. The molecule has 0 amide bonds. The van der Waals surface area contributed by atoms with E-state index in [4.69, 9.17) is 14.0 Å². The van der Waals surface area contributed by atoms with Gasteiger partial charge in [0.2, 0.25) is 0 Å². The van der Waals surface area contributed by atoms with Gasteiger partial charge in [-0.2, -0.15) is 0 Å². The third-order valence-electron chi connectivity index (χ3n) is 2.16. The standard InChI is InChI=1S/C12H22N2O4/c1-10(2)17-6-5-16-9-11(15)7-13-8-12-3-4-14-18-12/h3-4,10-11,13,15H,5-9H2,1-2H3. The van der Waals surface area contributed by atoms with Gasteiger partial charge >= 0.3 is 0 Å². The number of aromatic nitrogens is 1. The summed E-state index contributed by atoms with van der Waals surface area (Å²) in [5, 5.41) is 16.3. The second-order valence-corrected chi connectivity index (χ2v) is 4.26. The Morgan fingerprint density at radius 1 is 1.44 bits per heavy atom. The van der Waals surface area contributed by atoms with Gasteiger partial charge in [0.15, 0.2) is 0 Å². The van der Waals surface area contributed by atoms with Gasteiger partial charge in [-0.3, -0.25) is 0 Å². The normalized spacial score (nSPS) is 13.1. The molecule has 0 saturated heterocycles. The fourth-order valence-electron chi connectivity index (χ4n) is 1.32. The highest BCUT2D eigenvalue weighted by Crippen LogP contribution is 1.95. The third kappa shape index (κ3) is 7.39. The number of rotatable bonds is 10. The Balaban J connectivity index is 1.92. The molecule has 18 heavy (non-hydrogen) atoms. The van der Waals surface area contributed by atoms with Crippen molar-refractivity contribution in [2.45, 2.75) is 32.6 Å². The molecular formula is C12H22N2O4. The number of aliphatic hydroxyl groups is 1. The Morgan fingerprint density at radius 3 is 2.94 bits per heavy atom. The van der Waals surface area contributed by atoms with Crippen molar-refractivity contribution in [1.29, 1.82) is 0 Å². The van der Waals surface area contributed by atoms with E-state index in [1.54, 1.807) is 12.3 Å². The Bertz CT molecular complexity index is 290. The number of hydrogen-bond donors (Lipinski definition) is 2. The molecule has 1 aromatic heterocycles. The Labute approximate surface area is 107 Å². The lowest BCUT2D eigenvalue weighted by molar-refractivity contribution is -0.0101. The molecule has 0 aliphatic rings. The molecule has 0 saturated carbocycles. The molecule has 0 spiro atoms. The van der Waals surface area contributed by atoms with Gasteiger partial charge in [-0.1, -0.05) is 5.16 Å².